The molecule has 24 heavy (non-hydrogen) atoms. The second kappa shape index (κ2) is 6.71. The summed E-state index contributed by atoms with van der Waals surface area (Å²) < 4.78 is 0. The molecule has 0 saturated carbocycles. The Kier molecular flexibility index (Phi) is 4.47. The highest BCUT2D eigenvalue weighted by Gasteiger charge is 2.25. The monoisotopic (exact) mass is 325 g/mol. The number of hydrogen-bond donors (Lipinski definition) is 2. The van der Waals surface area contributed by atoms with E-state index in [0.717, 1.165) is 43.1 Å². The molecule has 3 rings (SSSR count). The van der Waals surface area contributed by atoms with Gasteiger partial charge in [0.15, 0.2) is 0 Å². The van der Waals surface area contributed by atoms with Gasteiger partial charge in [-0.25, -0.2) is 4.98 Å². The predicted molar refractivity (Wildman–Crippen MR) is 87.8 cm³/mol. The van der Waals surface area contributed by atoms with Crippen LogP contribution in [0, 0.1) is 18.3 Å². The molecule has 2 N–H and O–H groups in total. The van der Waals surface area contributed by atoms with E-state index in [1.807, 2.05) is 25.1 Å². The Hall–Kier alpha value is -2.88. The van der Waals surface area contributed by atoms with Crippen LogP contribution in [0.3, 0.4) is 0 Å². The van der Waals surface area contributed by atoms with Crippen molar-refractivity contribution in [1.82, 2.24) is 15.2 Å². The van der Waals surface area contributed by atoms with Gasteiger partial charge in [-0.1, -0.05) is 0 Å². The van der Waals surface area contributed by atoms with Crippen molar-refractivity contribution in [3.8, 4) is 6.07 Å². The smallest absolute Gasteiger partial charge is 0.309 e. The molecule has 1 aliphatic rings. The van der Waals surface area contributed by atoms with Crippen LogP contribution in [-0.4, -0.2) is 39.3 Å². The molecule has 0 spiro atoms. The normalized spacial score (nSPS) is 15.2. The van der Waals surface area contributed by atoms with E-state index in [0.29, 0.717) is 17.2 Å². The topological polar surface area (TPSA) is 106 Å². The van der Waals surface area contributed by atoms with Gasteiger partial charge in [0.2, 0.25) is 0 Å². The number of carbonyl (C=O) groups is 1. The molecule has 0 bridgehead atoms. The van der Waals surface area contributed by atoms with Crippen LogP contribution in [0.15, 0.2) is 18.2 Å². The summed E-state index contributed by atoms with van der Waals surface area (Å²) in [4.78, 5) is 17.4. The highest BCUT2D eigenvalue weighted by Crippen LogP contribution is 2.30. The molecule has 0 amide bonds. The van der Waals surface area contributed by atoms with Crippen molar-refractivity contribution in [2.24, 2.45) is 0 Å². The van der Waals surface area contributed by atoms with Crippen molar-refractivity contribution in [2.75, 3.05) is 18.0 Å². The van der Waals surface area contributed by atoms with Gasteiger partial charge >= 0.3 is 5.97 Å². The van der Waals surface area contributed by atoms with E-state index in [1.54, 1.807) is 0 Å². The average Bonchev–Trinajstić information content (AvgIpc) is 3.02. The summed E-state index contributed by atoms with van der Waals surface area (Å²) in [6.45, 7) is 3.53. The number of hydrogen-bond acceptors (Lipinski definition) is 5. The molecule has 1 aliphatic heterocycles. The lowest BCUT2D eigenvalue weighted by molar-refractivity contribution is -0.136. The minimum Gasteiger partial charge on any atom is -0.481 e. The number of piperidine rings is 1. The number of nitrogens with one attached hydrogen (secondary N) is 1. The maximum absolute atomic E-state index is 10.8. The van der Waals surface area contributed by atoms with E-state index < -0.39 is 5.97 Å². The van der Waals surface area contributed by atoms with Crippen molar-refractivity contribution in [3.05, 3.63) is 40.8 Å². The van der Waals surface area contributed by atoms with Crippen LogP contribution in [0.5, 0.6) is 0 Å². The van der Waals surface area contributed by atoms with Gasteiger partial charge in [-0.05, 0) is 38.0 Å². The van der Waals surface area contributed by atoms with Gasteiger partial charge in [0, 0.05) is 30.4 Å². The Balaban J connectivity index is 1.68. The Labute approximate surface area is 139 Å². The van der Waals surface area contributed by atoms with Crippen LogP contribution in [-0.2, 0) is 11.2 Å². The van der Waals surface area contributed by atoms with E-state index >= 15 is 0 Å². The first kappa shape index (κ1) is 16.0. The third kappa shape index (κ3) is 3.38. The quantitative estimate of drug-likeness (QED) is 0.890. The Morgan fingerprint density at radius 2 is 2.21 bits per heavy atom. The lowest BCUT2D eigenvalue weighted by atomic mass is 9.93. The second-order valence-electron chi connectivity index (χ2n) is 6.09. The number of nitrogens with zero attached hydrogens (tertiary/aromatic N) is 4. The number of pyridine rings is 1. The predicted octanol–water partition coefficient (Wildman–Crippen LogP) is 2.00. The molecule has 0 unspecified atom stereocenters. The maximum atomic E-state index is 10.8. The molecule has 3 heterocycles. The van der Waals surface area contributed by atoms with Crippen LogP contribution in [0.25, 0.3) is 0 Å². The van der Waals surface area contributed by atoms with E-state index in [4.69, 9.17) is 5.11 Å². The Morgan fingerprint density at radius 1 is 1.46 bits per heavy atom. The SMILES string of the molecule is Cc1ccc(C#N)c(N2CCC(c3cc(CC(=O)O)[nH]n3)CC2)n1. The zero-order valence-corrected chi connectivity index (χ0v) is 13.5. The molecule has 0 radical (unpaired) electrons. The first-order chi connectivity index (χ1) is 11.6. The number of aromatic nitrogens is 3. The van der Waals surface area contributed by atoms with Crippen molar-refractivity contribution in [2.45, 2.75) is 32.1 Å². The van der Waals surface area contributed by atoms with Crippen LogP contribution in [0.1, 0.15) is 41.4 Å². The number of aromatic amines is 1. The van der Waals surface area contributed by atoms with Gasteiger partial charge in [-0.15, -0.1) is 0 Å². The van der Waals surface area contributed by atoms with E-state index in [9.17, 15) is 10.1 Å². The number of aliphatic carboxylic acids is 1. The lowest BCUT2D eigenvalue weighted by Crippen LogP contribution is -2.34. The van der Waals surface area contributed by atoms with Crippen molar-refractivity contribution in [1.29, 1.82) is 5.26 Å². The van der Waals surface area contributed by atoms with Gasteiger partial charge in [-0.3, -0.25) is 9.89 Å². The molecule has 1 fully saturated rings. The van der Waals surface area contributed by atoms with E-state index in [2.05, 4.69) is 26.2 Å². The second-order valence-corrected chi connectivity index (χ2v) is 6.09. The van der Waals surface area contributed by atoms with Gasteiger partial charge < -0.3 is 10.0 Å². The molecule has 0 aliphatic carbocycles. The molecular weight excluding hydrogens is 306 g/mol. The van der Waals surface area contributed by atoms with Crippen LogP contribution < -0.4 is 4.90 Å². The summed E-state index contributed by atoms with van der Waals surface area (Å²) in [5.74, 6) is 0.189. The number of H-pyrrole nitrogens is 1. The largest absolute Gasteiger partial charge is 0.481 e. The standard InChI is InChI=1S/C17H19N5O2/c1-11-2-3-13(10-18)17(19-11)22-6-4-12(5-7-22)15-8-14(20-21-15)9-16(23)24/h2-3,8,12H,4-7,9H2,1H3,(H,20,21)(H,23,24). The van der Waals surface area contributed by atoms with E-state index in [1.165, 1.54) is 0 Å². The van der Waals surface area contributed by atoms with Gasteiger partial charge in [0.05, 0.1) is 17.7 Å². The van der Waals surface area contributed by atoms with Gasteiger partial charge in [0.25, 0.3) is 0 Å². The third-order valence-corrected chi connectivity index (χ3v) is 4.34. The fourth-order valence-electron chi connectivity index (χ4n) is 3.10. The number of carboxylic acid groups (broad SMARTS) is 1. The van der Waals surface area contributed by atoms with Crippen molar-refractivity contribution in [3.63, 3.8) is 0 Å². The number of rotatable bonds is 4. The summed E-state index contributed by atoms with van der Waals surface area (Å²) in [5, 5.41) is 25.2. The highest BCUT2D eigenvalue weighted by atomic mass is 16.4. The Morgan fingerprint density at radius 3 is 2.88 bits per heavy atom. The van der Waals surface area contributed by atoms with E-state index in [-0.39, 0.29) is 6.42 Å². The third-order valence-electron chi connectivity index (χ3n) is 4.34. The fourth-order valence-corrected chi connectivity index (χ4v) is 3.10. The van der Waals surface area contributed by atoms with Crippen LogP contribution in [0.4, 0.5) is 5.82 Å². The molecule has 124 valence electrons. The number of carboxylic acids is 1. The molecule has 7 nitrogen and oxygen atoms in total. The first-order valence-electron chi connectivity index (χ1n) is 7.95. The molecular formula is C17H19N5O2. The van der Waals surface area contributed by atoms with Crippen molar-refractivity contribution >= 4 is 11.8 Å². The highest BCUT2D eigenvalue weighted by molar-refractivity contribution is 5.69. The number of anilines is 1. The fraction of sp³-hybridized carbons (Fsp3) is 0.412. The minimum atomic E-state index is -0.866. The Bertz CT molecular complexity index is 785. The number of nitriles is 1. The molecule has 1 saturated heterocycles. The molecule has 0 aromatic carbocycles. The zero-order valence-electron chi connectivity index (χ0n) is 13.5. The van der Waals surface area contributed by atoms with Crippen LogP contribution in [0.2, 0.25) is 0 Å². The zero-order chi connectivity index (χ0) is 17.1. The summed E-state index contributed by atoms with van der Waals surface area (Å²) in [5.41, 5.74) is 3.05. The molecule has 0 atom stereocenters. The van der Waals surface area contributed by atoms with Gasteiger partial charge in [-0.2, -0.15) is 10.4 Å². The minimum absolute atomic E-state index is 0.0371. The number of aryl methyl sites for hydroxylation is 1. The van der Waals surface area contributed by atoms with Crippen molar-refractivity contribution < 1.29 is 9.90 Å². The summed E-state index contributed by atoms with van der Waals surface area (Å²) in [7, 11) is 0. The van der Waals surface area contributed by atoms with Gasteiger partial charge in [0.1, 0.15) is 11.9 Å². The molecule has 2 aromatic rings. The van der Waals surface area contributed by atoms with Crippen LogP contribution >= 0.6 is 0 Å². The maximum Gasteiger partial charge on any atom is 0.309 e. The average molecular weight is 325 g/mol. The molecule has 7 heteroatoms. The summed E-state index contributed by atoms with van der Waals surface area (Å²) in [6, 6.07) is 7.72. The lowest BCUT2D eigenvalue weighted by Gasteiger charge is -2.32. The summed E-state index contributed by atoms with van der Waals surface area (Å²) in [6.07, 6.45) is 1.76. The molecule has 2 aromatic heterocycles. The first-order valence-corrected chi connectivity index (χ1v) is 7.95. The summed E-state index contributed by atoms with van der Waals surface area (Å²) >= 11 is 0.